The van der Waals surface area contributed by atoms with Gasteiger partial charge in [-0.1, -0.05) is 26.7 Å². The molecular weight excluding hydrogens is 200 g/mol. The number of nitrogens with one attached hydrogen (secondary N) is 1. The maximum Gasteiger partial charge on any atom is 0.237 e. The molecule has 3 N–H and O–H groups in total. The third-order valence-corrected chi connectivity index (χ3v) is 3.67. The van der Waals surface area contributed by atoms with Gasteiger partial charge in [-0.05, 0) is 38.0 Å². The summed E-state index contributed by atoms with van der Waals surface area (Å²) in [6, 6.07) is 0.0478. The smallest absolute Gasteiger partial charge is 0.237 e. The fourth-order valence-electron chi connectivity index (χ4n) is 2.50. The Balaban J connectivity index is 2.24. The Bertz CT molecular complexity index is 210. The lowest BCUT2D eigenvalue weighted by Gasteiger charge is -2.29. The molecule has 0 saturated heterocycles. The lowest BCUT2D eigenvalue weighted by atomic mass is 9.83. The lowest BCUT2D eigenvalue weighted by Crippen LogP contribution is -2.46. The molecule has 94 valence electrons. The van der Waals surface area contributed by atoms with Crippen molar-refractivity contribution in [1.29, 1.82) is 0 Å². The number of carbonyl (C=O) groups is 1. The summed E-state index contributed by atoms with van der Waals surface area (Å²) in [5.74, 6) is 0.916. The molecule has 1 saturated carbocycles. The highest BCUT2D eigenvalue weighted by Gasteiger charge is 2.23. The molecular formula is C13H26N2O. The maximum absolute atomic E-state index is 11.6. The second-order valence-corrected chi connectivity index (χ2v) is 5.03. The van der Waals surface area contributed by atoms with Crippen molar-refractivity contribution in [3.05, 3.63) is 0 Å². The van der Waals surface area contributed by atoms with Crippen LogP contribution < -0.4 is 11.1 Å². The number of carbonyl (C=O) groups excluding carboxylic acids is 1. The van der Waals surface area contributed by atoms with E-state index >= 15 is 0 Å². The van der Waals surface area contributed by atoms with E-state index in [2.05, 4.69) is 12.2 Å². The van der Waals surface area contributed by atoms with E-state index in [1.54, 1.807) is 0 Å². The van der Waals surface area contributed by atoms with E-state index in [0.29, 0.717) is 6.04 Å². The molecule has 0 heterocycles. The van der Waals surface area contributed by atoms with E-state index in [-0.39, 0.29) is 11.9 Å². The highest BCUT2D eigenvalue weighted by molar-refractivity contribution is 5.81. The summed E-state index contributed by atoms with van der Waals surface area (Å²) in [4.78, 5) is 11.6. The van der Waals surface area contributed by atoms with Gasteiger partial charge in [-0.2, -0.15) is 0 Å². The van der Waals surface area contributed by atoms with Crippen molar-refractivity contribution >= 4 is 5.91 Å². The van der Waals surface area contributed by atoms with Crippen LogP contribution in [0, 0.1) is 5.92 Å². The van der Waals surface area contributed by atoms with E-state index in [0.717, 1.165) is 25.2 Å². The average Bonchev–Trinajstić information content (AvgIpc) is 2.31. The molecule has 1 rings (SSSR count). The molecule has 1 fully saturated rings. The molecule has 16 heavy (non-hydrogen) atoms. The number of rotatable bonds is 5. The van der Waals surface area contributed by atoms with Gasteiger partial charge >= 0.3 is 0 Å². The van der Waals surface area contributed by atoms with E-state index < -0.39 is 0 Å². The van der Waals surface area contributed by atoms with Crippen molar-refractivity contribution in [2.24, 2.45) is 11.7 Å². The Morgan fingerprint density at radius 3 is 2.44 bits per heavy atom. The van der Waals surface area contributed by atoms with Gasteiger partial charge < -0.3 is 11.1 Å². The van der Waals surface area contributed by atoms with Crippen molar-refractivity contribution in [2.45, 2.75) is 70.9 Å². The Labute approximate surface area is 99.2 Å². The van der Waals surface area contributed by atoms with Crippen LogP contribution in [0.5, 0.6) is 0 Å². The van der Waals surface area contributed by atoms with Crippen LogP contribution in [0.2, 0.25) is 0 Å². The number of amides is 1. The third-order valence-electron chi connectivity index (χ3n) is 3.67. The molecule has 0 bridgehead atoms. The zero-order chi connectivity index (χ0) is 12.0. The second-order valence-electron chi connectivity index (χ2n) is 5.03. The summed E-state index contributed by atoms with van der Waals surface area (Å²) in [6.07, 6.45) is 8.13. The Kier molecular flexibility index (Phi) is 5.81. The fourth-order valence-corrected chi connectivity index (χ4v) is 2.50. The average molecular weight is 226 g/mol. The molecule has 1 aliphatic rings. The van der Waals surface area contributed by atoms with Crippen LogP contribution in [0.1, 0.15) is 58.8 Å². The predicted molar refractivity (Wildman–Crippen MR) is 67.1 cm³/mol. The zero-order valence-electron chi connectivity index (χ0n) is 10.7. The molecule has 3 heteroatoms. The molecule has 0 aromatic carbocycles. The molecule has 1 aliphatic carbocycles. The highest BCUT2D eigenvalue weighted by atomic mass is 16.2. The van der Waals surface area contributed by atoms with Gasteiger partial charge in [-0.15, -0.1) is 0 Å². The van der Waals surface area contributed by atoms with Gasteiger partial charge in [0.2, 0.25) is 5.91 Å². The van der Waals surface area contributed by atoms with Crippen molar-refractivity contribution in [2.75, 3.05) is 0 Å². The summed E-state index contributed by atoms with van der Waals surface area (Å²) < 4.78 is 0. The summed E-state index contributed by atoms with van der Waals surface area (Å²) in [5.41, 5.74) is 5.70. The Morgan fingerprint density at radius 1 is 1.31 bits per heavy atom. The highest BCUT2D eigenvalue weighted by Crippen LogP contribution is 2.27. The van der Waals surface area contributed by atoms with Gasteiger partial charge in [-0.25, -0.2) is 0 Å². The third kappa shape index (κ3) is 4.12. The molecule has 1 amide bonds. The standard InChI is InChI=1S/C13H26N2O/c1-3-5-10-6-8-11(9-7-10)15-13(16)12(14)4-2/h10-12H,3-9,14H2,1-2H3,(H,15,16)/t10?,11?,12-/m0/s1. The summed E-state index contributed by atoms with van der Waals surface area (Å²) >= 11 is 0. The van der Waals surface area contributed by atoms with Crippen molar-refractivity contribution < 1.29 is 4.79 Å². The molecule has 0 aromatic heterocycles. The summed E-state index contributed by atoms with van der Waals surface area (Å²) in [5, 5.41) is 3.07. The van der Waals surface area contributed by atoms with E-state index in [1.165, 1.54) is 25.7 Å². The van der Waals surface area contributed by atoms with Gasteiger partial charge in [0.05, 0.1) is 6.04 Å². The Hall–Kier alpha value is -0.570. The SMILES string of the molecule is CCCC1CCC(NC(=O)[C@@H](N)CC)CC1. The van der Waals surface area contributed by atoms with Gasteiger partial charge in [-0.3, -0.25) is 4.79 Å². The maximum atomic E-state index is 11.6. The minimum atomic E-state index is -0.326. The molecule has 0 spiro atoms. The van der Waals surface area contributed by atoms with Gasteiger partial charge in [0, 0.05) is 6.04 Å². The number of hydrogen-bond acceptors (Lipinski definition) is 2. The van der Waals surface area contributed by atoms with Gasteiger partial charge in [0.15, 0.2) is 0 Å². The van der Waals surface area contributed by atoms with Crippen LogP contribution in [-0.2, 0) is 4.79 Å². The van der Waals surface area contributed by atoms with Crippen LogP contribution in [0.15, 0.2) is 0 Å². The van der Waals surface area contributed by atoms with Crippen molar-refractivity contribution in [3.63, 3.8) is 0 Å². The fraction of sp³-hybridized carbons (Fsp3) is 0.923. The molecule has 0 unspecified atom stereocenters. The van der Waals surface area contributed by atoms with Crippen LogP contribution in [0.4, 0.5) is 0 Å². The molecule has 0 radical (unpaired) electrons. The monoisotopic (exact) mass is 226 g/mol. The van der Waals surface area contributed by atoms with E-state index in [1.807, 2.05) is 6.92 Å². The van der Waals surface area contributed by atoms with Crippen molar-refractivity contribution in [3.8, 4) is 0 Å². The Morgan fingerprint density at radius 2 is 1.94 bits per heavy atom. The minimum Gasteiger partial charge on any atom is -0.352 e. The number of nitrogens with two attached hydrogens (primary N) is 1. The molecule has 0 aromatic rings. The second kappa shape index (κ2) is 6.89. The van der Waals surface area contributed by atoms with Crippen LogP contribution in [0.25, 0.3) is 0 Å². The molecule has 1 atom stereocenters. The van der Waals surface area contributed by atoms with Crippen LogP contribution in [0.3, 0.4) is 0 Å². The first-order valence-electron chi connectivity index (χ1n) is 6.73. The van der Waals surface area contributed by atoms with Gasteiger partial charge in [0.25, 0.3) is 0 Å². The molecule has 3 nitrogen and oxygen atoms in total. The number of hydrogen-bond donors (Lipinski definition) is 2. The first kappa shape index (κ1) is 13.5. The van der Waals surface area contributed by atoms with Crippen LogP contribution in [-0.4, -0.2) is 18.0 Å². The van der Waals surface area contributed by atoms with Gasteiger partial charge in [0.1, 0.15) is 0 Å². The van der Waals surface area contributed by atoms with E-state index in [4.69, 9.17) is 5.73 Å². The minimum absolute atomic E-state index is 0.0291. The normalized spacial score (nSPS) is 27.4. The van der Waals surface area contributed by atoms with Crippen molar-refractivity contribution in [1.82, 2.24) is 5.32 Å². The first-order valence-corrected chi connectivity index (χ1v) is 6.73. The topological polar surface area (TPSA) is 55.1 Å². The lowest BCUT2D eigenvalue weighted by molar-refractivity contribution is -0.123. The molecule has 0 aliphatic heterocycles. The quantitative estimate of drug-likeness (QED) is 0.755. The summed E-state index contributed by atoms with van der Waals surface area (Å²) in [7, 11) is 0. The van der Waals surface area contributed by atoms with E-state index in [9.17, 15) is 4.79 Å². The summed E-state index contributed by atoms with van der Waals surface area (Å²) in [6.45, 7) is 4.19. The first-order chi connectivity index (χ1) is 7.67. The zero-order valence-corrected chi connectivity index (χ0v) is 10.7. The predicted octanol–water partition coefficient (Wildman–Crippen LogP) is 2.20. The largest absolute Gasteiger partial charge is 0.352 e. The van der Waals surface area contributed by atoms with Crippen LogP contribution >= 0.6 is 0 Å².